The summed E-state index contributed by atoms with van der Waals surface area (Å²) in [5.41, 5.74) is 13.1. The van der Waals surface area contributed by atoms with Gasteiger partial charge in [-0.05, 0) is 31.7 Å². The van der Waals surface area contributed by atoms with Crippen LogP contribution in [0.4, 0.5) is 4.39 Å². The van der Waals surface area contributed by atoms with Gasteiger partial charge in [-0.2, -0.15) is 0 Å². The summed E-state index contributed by atoms with van der Waals surface area (Å²) < 4.78 is 16.2. The van der Waals surface area contributed by atoms with Gasteiger partial charge in [0.1, 0.15) is 17.2 Å². The van der Waals surface area contributed by atoms with Crippen LogP contribution >= 0.6 is 11.6 Å². The fourth-order valence-electron chi connectivity index (χ4n) is 3.30. The Hall–Kier alpha value is -2.09. The lowest BCUT2D eigenvalue weighted by atomic mass is 9.80. The number of halogens is 2. The van der Waals surface area contributed by atoms with Crippen LogP contribution in [0.1, 0.15) is 31.5 Å². The van der Waals surface area contributed by atoms with E-state index in [0.29, 0.717) is 35.0 Å². The number of hydrogen-bond acceptors (Lipinski definition) is 5. The molecular weight excluding hydrogens is 343 g/mol. The van der Waals surface area contributed by atoms with Gasteiger partial charge in [-0.1, -0.05) is 11.6 Å². The molecule has 0 unspecified atom stereocenters. The number of aromatic nitrogens is 4. The predicted octanol–water partition coefficient (Wildman–Crippen LogP) is 2.64. The first-order chi connectivity index (χ1) is 12.0. The van der Waals surface area contributed by atoms with Crippen molar-refractivity contribution in [3.8, 4) is 11.4 Å². The van der Waals surface area contributed by atoms with Crippen LogP contribution in [0.15, 0.2) is 30.7 Å². The van der Waals surface area contributed by atoms with Gasteiger partial charge in [-0.3, -0.25) is 4.40 Å². The number of nitrogens with zero attached hydrogens (tertiary/aromatic N) is 4. The van der Waals surface area contributed by atoms with Crippen molar-refractivity contribution in [1.82, 2.24) is 19.4 Å². The Morgan fingerprint density at radius 3 is 2.76 bits per heavy atom. The van der Waals surface area contributed by atoms with Gasteiger partial charge in [-0.15, -0.1) is 0 Å². The van der Waals surface area contributed by atoms with Crippen molar-refractivity contribution in [3.05, 3.63) is 47.4 Å². The quantitative estimate of drug-likeness (QED) is 0.732. The molecule has 1 aliphatic carbocycles. The molecule has 0 amide bonds. The van der Waals surface area contributed by atoms with E-state index in [9.17, 15) is 4.39 Å². The van der Waals surface area contributed by atoms with E-state index in [2.05, 4.69) is 15.0 Å². The molecule has 1 saturated carbocycles. The fourth-order valence-corrected chi connectivity index (χ4v) is 3.45. The molecule has 0 saturated heterocycles. The van der Waals surface area contributed by atoms with Crippen molar-refractivity contribution in [3.63, 3.8) is 0 Å². The highest BCUT2D eigenvalue weighted by molar-refractivity contribution is 6.30. The number of imidazole rings is 1. The SMILES string of the molecule is NC1CCC(N)(c2ncc(F)c(-c3cnc4cc(Cl)ccn34)n2)CC1. The molecule has 0 bridgehead atoms. The normalized spacial score (nSPS) is 23.9. The van der Waals surface area contributed by atoms with Crippen LogP contribution in [-0.4, -0.2) is 25.4 Å². The largest absolute Gasteiger partial charge is 0.328 e. The standard InChI is InChI=1S/C17H18ClFN6/c18-10-3-6-25-13(9-22-14(25)7-10)15-12(19)8-23-16(24-15)17(21)4-1-11(20)2-5-17/h3,6-9,11H,1-2,4-5,20-21H2. The third-order valence-electron chi connectivity index (χ3n) is 4.83. The minimum Gasteiger partial charge on any atom is -0.328 e. The molecule has 0 atom stereocenters. The van der Waals surface area contributed by atoms with E-state index in [1.54, 1.807) is 28.9 Å². The average Bonchev–Trinajstić information content (AvgIpc) is 3.01. The van der Waals surface area contributed by atoms with Gasteiger partial charge in [-0.25, -0.2) is 19.3 Å². The Bertz CT molecular complexity index is 932. The van der Waals surface area contributed by atoms with Gasteiger partial charge in [0.15, 0.2) is 5.82 Å². The van der Waals surface area contributed by atoms with E-state index in [-0.39, 0.29) is 11.7 Å². The zero-order valence-electron chi connectivity index (χ0n) is 13.5. The Morgan fingerprint density at radius 2 is 2.00 bits per heavy atom. The summed E-state index contributed by atoms with van der Waals surface area (Å²) >= 11 is 5.98. The van der Waals surface area contributed by atoms with E-state index in [4.69, 9.17) is 23.1 Å². The van der Waals surface area contributed by atoms with Crippen LogP contribution < -0.4 is 11.5 Å². The fraction of sp³-hybridized carbons (Fsp3) is 0.353. The Balaban J connectivity index is 1.80. The van der Waals surface area contributed by atoms with Gasteiger partial charge >= 0.3 is 0 Å². The average molecular weight is 361 g/mol. The molecule has 8 heteroatoms. The highest BCUT2D eigenvalue weighted by Crippen LogP contribution is 2.34. The van der Waals surface area contributed by atoms with Crippen LogP contribution in [-0.2, 0) is 5.54 Å². The van der Waals surface area contributed by atoms with Crippen molar-refractivity contribution in [1.29, 1.82) is 0 Å². The van der Waals surface area contributed by atoms with Crippen molar-refractivity contribution in [2.45, 2.75) is 37.3 Å². The van der Waals surface area contributed by atoms with Crippen LogP contribution in [0.5, 0.6) is 0 Å². The predicted molar refractivity (Wildman–Crippen MR) is 93.5 cm³/mol. The molecule has 1 fully saturated rings. The number of pyridine rings is 1. The van der Waals surface area contributed by atoms with Gasteiger partial charge in [0.25, 0.3) is 0 Å². The summed E-state index contributed by atoms with van der Waals surface area (Å²) in [7, 11) is 0. The summed E-state index contributed by atoms with van der Waals surface area (Å²) in [5.74, 6) is -0.0728. The molecule has 6 nitrogen and oxygen atoms in total. The highest BCUT2D eigenvalue weighted by atomic mass is 35.5. The molecule has 4 N–H and O–H groups in total. The third-order valence-corrected chi connectivity index (χ3v) is 5.06. The third kappa shape index (κ3) is 2.88. The zero-order valence-corrected chi connectivity index (χ0v) is 14.2. The maximum Gasteiger partial charge on any atom is 0.169 e. The molecule has 3 heterocycles. The molecule has 25 heavy (non-hydrogen) atoms. The summed E-state index contributed by atoms with van der Waals surface area (Å²) in [6.45, 7) is 0. The molecule has 3 aromatic rings. The summed E-state index contributed by atoms with van der Waals surface area (Å²) in [4.78, 5) is 12.9. The van der Waals surface area contributed by atoms with Gasteiger partial charge in [0, 0.05) is 23.3 Å². The van der Waals surface area contributed by atoms with Crippen LogP contribution in [0.25, 0.3) is 17.0 Å². The zero-order chi connectivity index (χ0) is 17.6. The minimum absolute atomic E-state index is 0.153. The second kappa shape index (κ2) is 6.01. The van der Waals surface area contributed by atoms with Crippen LogP contribution in [0.3, 0.4) is 0 Å². The summed E-state index contributed by atoms with van der Waals surface area (Å²) in [5, 5.41) is 0.563. The lowest BCUT2D eigenvalue weighted by molar-refractivity contribution is 0.264. The number of nitrogens with two attached hydrogens (primary N) is 2. The second-order valence-corrected chi connectivity index (χ2v) is 7.04. The van der Waals surface area contributed by atoms with Gasteiger partial charge in [0.2, 0.25) is 0 Å². The molecule has 4 rings (SSSR count). The first kappa shape index (κ1) is 16.4. The topological polar surface area (TPSA) is 95.1 Å². The lowest BCUT2D eigenvalue weighted by Crippen LogP contribution is -2.45. The van der Waals surface area contributed by atoms with Gasteiger partial charge < -0.3 is 11.5 Å². The maximum absolute atomic E-state index is 14.4. The molecule has 0 spiro atoms. The number of fused-ring (bicyclic) bond motifs is 1. The lowest BCUT2D eigenvalue weighted by Gasteiger charge is -2.34. The molecule has 1 aliphatic rings. The first-order valence-electron chi connectivity index (χ1n) is 8.17. The van der Waals surface area contributed by atoms with Crippen molar-refractivity contribution < 1.29 is 4.39 Å². The molecular formula is C17H18ClFN6. The monoisotopic (exact) mass is 360 g/mol. The Kier molecular flexibility index (Phi) is 3.94. The minimum atomic E-state index is -0.678. The maximum atomic E-state index is 14.4. The summed E-state index contributed by atoms with van der Waals surface area (Å²) in [6, 6.07) is 3.57. The highest BCUT2D eigenvalue weighted by Gasteiger charge is 2.35. The number of rotatable bonds is 2. The first-order valence-corrected chi connectivity index (χ1v) is 8.54. The van der Waals surface area contributed by atoms with E-state index < -0.39 is 11.4 Å². The van der Waals surface area contributed by atoms with Crippen LogP contribution in [0, 0.1) is 5.82 Å². The van der Waals surface area contributed by atoms with E-state index in [1.165, 1.54) is 6.20 Å². The number of hydrogen-bond donors (Lipinski definition) is 2. The van der Waals surface area contributed by atoms with Crippen molar-refractivity contribution in [2.24, 2.45) is 11.5 Å². The molecule has 0 radical (unpaired) electrons. The summed E-state index contributed by atoms with van der Waals surface area (Å²) in [6.07, 6.45) is 7.46. The molecule has 0 aromatic carbocycles. The van der Waals surface area contributed by atoms with E-state index >= 15 is 0 Å². The Morgan fingerprint density at radius 1 is 1.24 bits per heavy atom. The van der Waals surface area contributed by atoms with E-state index in [1.807, 2.05) is 0 Å². The molecule has 130 valence electrons. The second-order valence-electron chi connectivity index (χ2n) is 6.60. The van der Waals surface area contributed by atoms with Crippen molar-refractivity contribution >= 4 is 17.2 Å². The Labute approximate surface area is 149 Å². The molecule has 0 aliphatic heterocycles. The smallest absolute Gasteiger partial charge is 0.169 e. The van der Waals surface area contributed by atoms with Gasteiger partial charge in [0.05, 0.1) is 23.6 Å². The molecule has 3 aromatic heterocycles. The van der Waals surface area contributed by atoms with Crippen LogP contribution in [0.2, 0.25) is 5.02 Å². The van der Waals surface area contributed by atoms with E-state index in [0.717, 1.165) is 12.8 Å². The van der Waals surface area contributed by atoms with Crippen molar-refractivity contribution in [2.75, 3.05) is 0 Å².